The lowest BCUT2D eigenvalue weighted by molar-refractivity contribution is -0.127. The van der Waals surface area contributed by atoms with Gasteiger partial charge in [0.15, 0.2) is 0 Å². The SMILES string of the molecule is CNc1cccc(C(=O)OC/C(=C\CCC(=O)N2CCOC2=O)c2ccc(F)cc2)c1. The Morgan fingerprint density at radius 2 is 1.97 bits per heavy atom. The monoisotopic (exact) mass is 426 g/mol. The number of imide groups is 1. The van der Waals surface area contributed by atoms with Crippen LogP contribution in [0.4, 0.5) is 14.9 Å². The average molecular weight is 426 g/mol. The third kappa shape index (κ3) is 5.91. The van der Waals surface area contributed by atoms with Crippen LogP contribution in [0.25, 0.3) is 5.57 Å². The van der Waals surface area contributed by atoms with E-state index in [4.69, 9.17) is 9.47 Å². The van der Waals surface area contributed by atoms with Gasteiger partial charge in [0.2, 0.25) is 5.91 Å². The number of amides is 2. The highest BCUT2D eigenvalue weighted by molar-refractivity contribution is 5.93. The number of anilines is 1. The predicted octanol–water partition coefficient (Wildman–Crippen LogP) is 3.87. The van der Waals surface area contributed by atoms with E-state index in [9.17, 15) is 18.8 Å². The van der Waals surface area contributed by atoms with Crippen LogP contribution < -0.4 is 5.32 Å². The number of nitrogens with one attached hydrogen (secondary N) is 1. The second-order valence-electron chi connectivity index (χ2n) is 6.84. The molecule has 0 spiro atoms. The standard InChI is InChI=1S/C23H23FN2O5/c1-25-20-6-2-4-17(14-20)22(28)31-15-18(16-8-10-19(24)11-9-16)5-3-7-21(27)26-12-13-30-23(26)29/h2,4-6,8-11,14,25H,3,7,12-13,15H2,1H3/b18-5+. The minimum Gasteiger partial charge on any atom is -0.457 e. The molecule has 1 N–H and O–H groups in total. The first-order chi connectivity index (χ1) is 15.0. The van der Waals surface area contributed by atoms with Gasteiger partial charge in [-0.1, -0.05) is 24.3 Å². The van der Waals surface area contributed by atoms with E-state index in [0.29, 0.717) is 23.1 Å². The van der Waals surface area contributed by atoms with Gasteiger partial charge in [0.1, 0.15) is 19.0 Å². The largest absolute Gasteiger partial charge is 0.457 e. The summed E-state index contributed by atoms with van der Waals surface area (Å²) in [4.78, 5) is 37.2. The minimum absolute atomic E-state index is 0.0474. The molecule has 1 fully saturated rings. The van der Waals surface area contributed by atoms with Crippen molar-refractivity contribution in [1.29, 1.82) is 0 Å². The van der Waals surface area contributed by atoms with Crippen molar-refractivity contribution in [2.45, 2.75) is 12.8 Å². The van der Waals surface area contributed by atoms with Crippen molar-refractivity contribution < 1.29 is 28.2 Å². The number of benzene rings is 2. The fraction of sp³-hybridized carbons (Fsp3) is 0.261. The smallest absolute Gasteiger partial charge is 0.416 e. The zero-order valence-corrected chi connectivity index (χ0v) is 17.1. The Kier molecular flexibility index (Phi) is 7.37. The summed E-state index contributed by atoms with van der Waals surface area (Å²) >= 11 is 0. The van der Waals surface area contributed by atoms with Gasteiger partial charge in [-0.2, -0.15) is 0 Å². The van der Waals surface area contributed by atoms with E-state index in [2.05, 4.69) is 5.32 Å². The molecule has 0 atom stereocenters. The molecule has 0 unspecified atom stereocenters. The molecule has 2 aromatic rings. The number of allylic oxidation sites excluding steroid dienone is 1. The fourth-order valence-electron chi connectivity index (χ4n) is 3.08. The molecule has 3 rings (SSSR count). The quantitative estimate of drug-likeness (QED) is 0.645. The van der Waals surface area contributed by atoms with Crippen LogP contribution in [0.5, 0.6) is 0 Å². The molecule has 0 aliphatic carbocycles. The van der Waals surface area contributed by atoms with Gasteiger partial charge in [-0.25, -0.2) is 18.9 Å². The van der Waals surface area contributed by atoms with Crippen molar-refractivity contribution in [1.82, 2.24) is 4.90 Å². The van der Waals surface area contributed by atoms with Gasteiger partial charge in [-0.3, -0.25) is 4.79 Å². The van der Waals surface area contributed by atoms with Crippen molar-refractivity contribution in [3.8, 4) is 0 Å². The Hall–Kier alpha value is -3.68. The number of hydrogen-bond acceptors (Lipinski definition) is 6. The second-order valence-corrected chi connectivity index (χ2v) is 6.84. The van der Waals surface area contributed by atoms with E-state index in [1.54, 1.807) is 43.5 Å². The predicted molar refractivity (Wildman–Crippen MR) is 113 cm³/mol. The first kappa shape index (κ1) is 22.0. The van der Waals surface area contributed by atoms with Crippen LogP contribution in [0.3, 0.4) is 0 Å². The zero-order valence-electron chi connectivity index (χ0n) is 17.1. The molecule has 162 valence electrons. The van der Waals surface area contributed by atoms with E-state index in [1.807, 2.05) is 6.07 Å². The number of cyclic esters (lactones) is 1. The van der Waals surface area contributed by atoms with Crippen LogP contribution >= 0.6 is 0 Å². The lowest BCUT2D eigenvalue weighted by Crippen LogP contribution is -2.31. The molecule has 0 saturated carbocycles. The fourth-order valence-corrected chi connectivity index (χ4v) is 3.08. The third-order valence-electron chi connectivity index (χ3n) is 4.77. The summed E-state index contributed by atoms with van der Waals surface area (Å²) in [5.74, 6) is -1.22. The van der Waals surface area contributed by atoms with Crippen LogP contribution in [-0.4, -0.2) is 49.7 Å². The summed E-state index contributed by atoms with van der Waals surface area (Å²) in [5.41, 5.74) is 2.48. The Bertz CT molecular complexity index is 988. The van der Waals surface area contributed by atoms with Crippen molar-refractivity contribution in [3.05, 3.63) is 71.6 Å². The van der Waals surface area contributed by atoms with Gasteiger partial charge in [0, 0.05) is 19.2 Å². The molecule has 7 nitrogen and oxygen atoms in total. The second kappa shape index (κ2) is 10.4. The van der Waals surface area contributed by atoms with Crippen molar-refractivity contribution in [3.63, 3.8) is 0 Å². The van der Waals surface area contributed by atoms with Crippen LogP contribution in [-0.2, 0) is 14.3 Å². The molecule has 31 heavy (non-hydrogen) atoms. The maximum Gasteiger partial charge on any atom is 0.416 e. The number of carbonyl (C=O) groups excluding carboxylic acids is 3. The van der Waals surface area contributed by atoms with Gasteiger partial charge >= 0.3 is 12.1 Å². The number of halogens is 1. The summed E-state index contributed by atoms with van der Waals surface area (Å²) in [6.45, 7) is 0.398. The molecule has 1 heterocycles. The van der Waals surface area contributed by atoms with E-state index < -0.39 is 12.1 Å². The first-order valence-electron chi connectivity index (χ1n) is 9.85. The zero-order chi connectivity index (χ0) is 22.2. The van der Waals surface area contributed by atoms with Crippen LogP contribution in [0.1, 0.15) is 28.8 Å². The van der Waals surface area contributed by atoms with Crippen molar-refractivity contribution >= 4 is 29.2 Å². The number of hydrogen-bond donors (Lipinski definition) is 1. The Balaban J connectivity index is 1.68. The minimum atomic E-state index is -0.634. The molecular weight excluding hydrogens is 403 g/mol. The Morgan fingerprint density at radius 1 is 1.19 bits per heavy atom. The number of carbonyl (C=O) groups is 3. The van der Waals surface area contributed by atoms with Crippen molar-refractivity contribution in [2.24, 2.45) is 0 Å². The normalized spacial score (nSPS) is 13.7. The van der Waals surface area contributed by atoms with E-state index >= 15 is 0 Å². The summed E-state index contributed by atoms with van der Waals surface area (Å²) in [6.07, 6.45) is 1.54. The molecule has 0 aromatic heterocycles. The number of nitrogens with zero attached hydrogens (tertiary/aromatic N) is 1. The third-order valence-corrected chi connectivity index (χ3v) is 4.77. The topological polar surface area (TPSA) is 84.9 Å². The molecule has 0 bridgehead atoms. The lowest BCUT2D eigenvalue weighted by Gasteiger charge is -2.12. The van der Waals surface area contributed by atoms with Crippen LogP contribution in [0, 0.1) is 5.82 Å². The first-order valence-corrected chi connectivity index (χ1v) is 9.85. The lowest BCUT2D eigenvalue weighted by atomic mass is 10.0. The summed E-state index contributed by atoms with van der Waals surface area (Å²) in [7, 11) is 1.75. The van der Waals surface area contributed by atoms with Gasteiger partial charge in [0.25, 0.3) is 0 Å². The Morgan fingerprint density at radius 3 is 2.65 bits per heavy atom. The maximum absolute atomic E-state index is 13.3. The highest BCUT2D eigenvalue weighted by Gasteiger charge is 2.27. The maximum atomic E-state index is 13.3. The molecule has 1 saturated heterocycles. The average Bonchev–Trinajstić information content (AvgIpc) is 3.22. The Labute approximate surface area is 179 Å². The van der Waals surface area contributed by atoms with Gasteiger partial charge in [-0.15, -0.1) is 0 Å². The summed E-state index contributed by atoms with van der Waals surface area (Å²) < 4.78 is 23.5. The van der Waals surface area contributed by atoms with E-state index in [0.717, 1.165) is 10.6 Å². The van der Waals surface area contributed by atoms with Crippen LogP contribution in [0.2, 0.25) is 0 Å². The van der Waals surface area contributed by atoms with E-state index in [-0.39, 0.29) is 37.9 Å². The number of ether oxygens (including phenoxy) is 2. The summed E-state index contributed by atoms with van der Waals surface area (Å²) in [5, 5.41) is 2.96. The number of esters is 1. The van der Waals surface area contributed by atoms with Gasteiger partial charge in [0.05, 0.1) is 12.1 Å². The molecule has 0 radical (unpaired) electrons. The molecule has 2 amide bonds. The molecular formula is C23H23FN2O5. The van der Waals surface area contributed by atoms with Gasteiger partial charge < -0.3 is 14.8 Å². The molecule has 8 heteroatoms. The molecule has 1 aliphatic heterocycles. The van der Waals surface area contributed by atoms with Crippen molar-refractivity contribution in [2.75, 3.05) is 32.1 Å². The van der Waals surface area contributed by atoms with Gasteiger partial charge in [-0.05, 0) is 47.9 Å². The molecule has 1 aliphatic rings. The summed E-state index contributed by atoms with van der Waals surface area (Å²) in [6, 6.07) is 12.7. The highest BCUT2D eigenvalue weighted by atomic mass is 19.1. The number of rotatable bonds is 8. The highest BCUT2D eigenvalue weighted by Crippen LogP contribution is 2.19. The molecule has 2 aromatic carbocycles. The van der Waals surface area contributed by atoms with Crippen LogP contribution in [0.15, 0.2) is 54.6 Å². The van der Waals surface area contributed by atoms with E-state index in [1.165, 1.54) is 12.1 Å².